The highest BCUT2D eigenvalue weighted by atomic mass is 35.5. The highest BCUT2D eigenvalue weighted by Crippen LogP contribution is 2.17. The lowest BCUT2D eigenvalue weighted by Gasteiger charge is -2.23. The monoisotopic (exact) mass is 262 g/mol. The SMILES string of the molecule is CC(C)(C)CNC(=O)CCC1CCNCC1.Cl. The molecule has 0 aliphatic carbocycles. The fraction of sp³-hybridized carbons (Fsp3) is 0.923. The van der Waals surface area contributed by atoms with Crippen LogP contribution in [0.1, 0.15) is 46.5 Å². The third-order valence-corrected chi connectivity index (χ3v) is 3.05. The molecule has 102 valence electrons. The van der Waals surface area contributed by atoms with Crippen LogP contribution in [0.3, 0.4) is 0 Å². The van der Waals surface area contributed by atoms with Crippen molar-refractivity contribution in [3.63, 3.8) is 0 Å². The first kappa shape index (κ1) is 16.7. The molecule has 0 bridgehead atoms. The predicted molar refractivity (Wildman–Crippen MR) is 74.5 cm³/mol. The molecule has 17 heavy (non-hydrogen) atoms. The Bertz CT molecular complexity index is 220. The van der Waals surface area contributed by atoms with Crippen molar-refractivity contribution in [3.05, 3.63) is 0 Å². The molecule has 3 nitrogen and oxygen atoms in total. The number of hydrogen-bond acceptors (Lipinski definition) is 2. The van der Waals surface area contributed by atoms with Crippen LogP contribution in [-0.2, 0) is 4.79 Å². The Balaban J connectivity index is 0.00000256. The van der Waals surface area contributed by atoms with E-state index >= 15 is 0 Å². The molecule has 1 aliphatic rings. The van der Waals surface area contributed by atoms with Crippen LogP contribution in [0.15, 0.2) is 0 Å². The van der Waals surface area contributed by atoms with E-state index in [0.29, 0.717) is 6.42 Å². The smallest absolute Gasteiger partial charge is 0.220 e. The molecule has 1 aliphatic heterocycles. The van der Waals surface area contributed by atoms with Gasteiger partial charge in [-0.15, -0.1) is 12.4 Å². The van der Waals surface area contributed by atoms with Gasteiger partial charge in [0.2, 0.25) is 5.91 Å². The molecule has 0 atom stereocenters. The molecular weight excluding hydrogens is 236 g/mol. The van der Waals surface area contributed by atoms with E-state index in [0.717, 1.165) is 32.0 Å². The average molecular weight is 263 g/mol. The zero-order valence-corrected chi connectivity index (χ0v) is 12.2. The molecular formula is C13H27ClN2O. The lowest BCUT2D eigenvalue weighted by atomic mass is 9.93. The van der Waals surface area contributed by atoms with Gasteiger partial charge in [-0.1, -0.05) is 20.8 Å². The fourth-order valence-electron chi connectivity index (χ4n) is 1.96. The molecule has 0 aromatic rings. The van der Waals surface area contributed by atoms with Crippen molar-refractivity contribution >= 4 is 18.3 Å². The maximum Gasteiger partial charge on any atom is 0.220 e. The molecule has 1 fully saturated rings. The largest absolute Gasteiger partial charge is 0.356 e. The van der Waals surface area contributed by atoms with E-state index in [9.17, 15) is 4.79 Å². The molecule has 1 heterocycles. The third kappa shape index (κ3) is 8.44. The summed E-state index contributed by atoms with van der Waals surface area (Å²) in [4.78, 5) is 11.6. The summed E-state index contributed by atoms with van der Waals surface area (Å²) in [5.41, 5.74) is 0.185. The van der Waals surface area contributed by atoms with Gasteiger partial charge in [-0.25, -0.2) is 0 Å². The van der Waals surface area contributed by atoms with E-state index in [-0.39, 0.29) is 23.7 Å². The van der Waals surface area contributed by atoms with Gasteiger partial charge in [0.1, 0.15) is 0 Å². The molecule has 0 unspecified atom stereocenters. The number of piperidine rings is 1. The highest BCUT2D eigenvalue weighted by molar-refractivity contribution is 5.85. The predicted octanol–water partition coefficient (Wildman–Crippen LogP) is 2.35. The van der Waals surface area contributed by atoms with Crippen molar-refractivity contribution in [2.45, 2.75) is 46.5 Å². The summed E-state index contributed by atoms with van der Waals surface area (Å²) in [6.45, 7) is 9.43. The summed E-state index contributed by atoms with van der Waals surface area (Å²) in [5, 5.41) is 6.35. The Labute approximate surface area is 112 Å². The molecule has 0 spiro atoms. The standard InChI is InChI=1S/C13H26N2O.ClH/c1-13(2,3)10-15-12(16)5-4-11-6-8-14-9-7-11;/h11,14H,4-10H2,1-3H3,(H,15,16);1H. The van der Waals surface area contributed by atoms with E-state index in [1.165, 1.54) is 12.8 Å². The van der Waals surface area contributed by atoms with Gasteiger partial charge in [0.15, 0.2) is 0 Å². The molecule has 0 radical (unpaired) electrons. The van der Waals surface area contributed by atoms with Crippen LogP contribution in [0.2, 0.25) is 0 Å². The first-order valence-electron chi connectivity index (χ1n) is 6.45. The van der Waals surface area contributed by atoms with Crippen LogP contribution in [0.5, 0.6) is 0 Å². The summed E-state index contributed by atoms with van der Waals surface area (Å²) >= 11 is 0. The third-order valence-electron chi connectivity index (χ3n) is 3.05. The molecule has 1 rings (SSSR count). The Morgan fingerprint density at radius 3 is 2.41 bits per heavy atom. The van der Waals surface area contributed by atoms with E-state index < -0.39 is 0 Å². The lowest BCUT2D eigenvalue weighted by Crippen LogP contribution is -2.33. The van der Waals surface area contributed by atoms with E-state index in [1.807, 2.05) is 0 Å². The molecule has 4 heteroatoms. The number of rotatable bonds is 4. The molecule has 2 N–H and O–H groups in total. The van der Waals surface area contributed by atoms with Crippen LogP contribution in [0.4, 0.5) is 0 Å². The van der Waals surface area contributed by atoms with Gasteiger partial charge in [-0.3, -0.25) is 4.79 Å². The summed E-state index contributed by atoms with van der Waals surface area (Å²) < 4.78 is 0. The van der Waals surface area contributed by atoms with Crippen LogP contribution >= 0.6 is 12.4 Å². The van der Waals surface area contributed by atoms with Crippen LogP contribution < -0.4 is 10.6 Å². The number of carbonyl (C=O) groups excluding carboxylic acids is 1. The summed E-state index contributed by atoms with van der Waals surface area (Å²) in [5.74, 6) is 0.968. The molecule has 1 saturated heterocycles. The first-order chi connectivity index (χ1) is 7.47. The van der Waals surface area contributed by atoms with Crippen molar-refractivity contribution in [1.29, 1.82) is 0 Å². The van der Waals surface area contributed by atoms with Crippen molar-refractivity contribution in [1.82, 2.24) is 10.6 Å². The Morgan fingerprint density at radius 1 is 1.29 bits per heavy atom. The number of halogens is 1. The maximum atomic E-state index is 11.6. The van der Waals surface area contributed by atoms with E-state index in [1.54, 1.807) is 0 Å². The van der Waals surface area contributed by atoms with Crippen molar-refractivity contribution < 1.29 is 4.79 Å². The van der Waals surface area contributed by atoms with Crippen LogP contribution in [0, 0.1) is 11.3 Å². The second-order valence-electron chi connectivity index (χ2n) is 6.07. The molecule has 0 saturated carbocycles. The number of hydrogen-bond donors (Lipinski definition) is 2. The molecule has 0 aromatic heterocycles. The van der Waals surface area contributed by atoms with Crippen molar-refractivity contribution in [3.8, 4) is 0 Å². The van der Waals surface area contributed by atoms with Crippen LogP contribution in [-0.4, -0.2) is 25.5 Å². The minimum absolute atomic E-state index is 0. The van der Waals surface area contributed by atoms with Gasteiger partial charge >= 0.3 is 0 Å². The maximum absolute atomic E-state index is 11.6. The van der Waals surface area contributed by atoms with Crippen LogP contribution in [0.25, 0.3) is 0 Å². The number of nitrogens with one attached hydrogen (secondary N) is 2. The van der Waals surface area contributed by atoms with Gasteiger partial charge in [0, 0.05) is 13.0 Å². The number of carbonyl (C=O) groups is 1. The van der Waals surface area contributed by atoms with Crippen molar-refractivity contribution in [2.75, 3.05) is 19.6 Å². The Hall–Kier alpha value is -0.280. The molecule has 1 amide bonds. The van der Waals surface area contributed by atoms with Gasteiger partial charge < -0.3 is 10.6 Å². The van der Waals surface area contributed by atoms with Gasteiger partial charge in [0.25, 0.3) is 0 Å². The van der Waals surface area contributed by atoms with Gasteiger partial charge in [-0.2, -0.15) is 0 Å². The molecule has 0 aromatic carbocycles. The zero-order chi connectivity index (χ0) is 12.0. The second kappa shape index (κ2) is 7.93. The van der Waals surface area contributed by atoms with Gasteiger partial charge in [-0.05, 0) is 43.7 Å². The summed E-state index contributed by atoms with van der Waals surface area (Å²) in [6.07, 6.45) is 4.21. The average Bonchev–Trinajstić information content (AvgIpc) is 2.24. The Kier molecular flexibility index (Phi) is 7.80. The Morgan fingerprint density at radius 2 is 1.88 bits per heavy atom. The van der Waals surface area contributed by atoms with Gasteiger partial charge in [0.05, 0.1) is 0 Å². The summed E-state index contributed by atoms with van der Waals surface area (Å²) in [7, 11) is 0. The van der Waals surface area contributed by atoms with E-state index in [2.05, 4.69) is 31.4 Å². The zero-order valence-electron chi connectivity index (χ0n) is 11.3. The van der Waals surface area contributed by atoms with E-state index in [4.69, 9.17) is 0 Å². The highest BCUT2D eigenvalue weighted by Gasteiger charge is 2.15. The minimum atomic E-state index is 0. The fourth-order valence-corrected chi connectivity index (χ4v) is 1.96. The minimum Gasteiger partial charge on any atom is -0.356 e. The lowest BCUT2D eigenvalue weighted by molar-refractivity contribution is -0.121. The quantitative estimate of drug-likeness (QED) is 0.817. The topological polar surface area (TPSA) is 41.1 Å². The normalized spacial score (nSPS) is 17.4. The van der Waals surface area contributed by atoms with Crippen molar-refractivity contribution in [2.24, 2.45) is 11.3 Å². The number of amides is 1. The summed E-state index contributed by atoms with van der Waals surface area (Å²) in [6, 6.07) is 0. The first-order valence-corrected chi connectivity index (χ1v) is 6.45. The second-order valence-corrected chi connectivity index (χ2v) is 6.07.